The van der Waals surface area contributed by atoms with Crippen LogP contribution in [0.3, 0.4) is 0 Å². The Hall–Kier alpha value is -1.64. The van der Waals surface area contributed by atoms with E-state index in [4.69, 9.17) is 9.47 Å². The van der Waals surface area contributed by atoms with Crippen molar-refractivity contribution < 1.29 is 22.7 Å². The van der Waals surface area contributed by atoms with Crippen molar-refractivity contribution in [1.29, 1.82) is 0 Å². The van der Waals surface area contributed by atoms with Crippen molar-refractivity contribution in [2.75, 3.05) is 33.4 Å². The molecule has 0 spiro atoms. The maximum absolute atomic E-state index is 12.9. The number of rotatable bonds is 5. The number of sulfonamides is 1. The van der Waals surface area contributed by atoms with E-state index in [2.05, 4.69) is 5.32 Å². The number of nitrogens with one attached hydrogen (secondary N) is 1. The zero-order valence-electron chi connectivity index (χ0n) is 15.0. The number of nitrogens with zero attached hydrogens (tertiary/aromatic N) is 1. The molecule has 1 N–H and O–H groups in total. The highest BCUT2D eigenvalue weighted by Gasteiger charge is 2.34. The largest absolute Gasteiger partial charge is 0.497 e. The molecule has 2 aliphatic rings. The average Bonchev–Trinajstić information content (AvgIpc) is 2.69. The molecule has 2 fully saturated rings. The second-order valence-electron chi connectivity index (χ2n) is 6.78. The van der Waals surface area contributed by atoms with Gasteiger partial charge in [0.15, 0.2) is 0 Å². The lowest BCUT2D eigenvalue weighted by Crippen LogP contribution is -2.48. The maximum Gasteiger partial charge on any atom is 0.243 e. The summed E-state index contributed by atoms with van der Waals surface area (Å²) in [5.74, 6) is 0.131. The highest BCUT2D eigenvalue weighted by Crippen LogP contribution is 2.26. The van der Waals surface area contributed by atoms with Gasteiger partial charge < -0.3 is 14.8 Å². The van der Waals surface area contributed by atoms with Crippen LogP contribution in [0.5, 0.6) is 5.75 Å². The Labute approximate surface area is 154 Å². The van der Waals surface area contributed by atoms with Crippen molar-refractivity contribution in [3.8, 4) is 5.75 Å². The molecular formula is C18H26N2O5S. The summed E-state index contributed by atoms with van der Waals surface area (Å²) in [6.45, 7) is 1.97. The summed E-state index contributed by atoms with van der Waals surface area (Å²) in [4.78, 5) is 12.8. The molecule has 1 aromatic rings. The van der Waals surface area contributed by atoms with Gasteiger partial charge in [-0.25, -0.2) is 8.42 Å². The van der Waals surface area contributed by atoms with Crippen molar-refractivity contribution in [2.24, 2.45) is 5.92 Å². The summed E-state index contributed by atoms with van der Waals surface area (Å²) < 4.78 is 37.7. The van der Waals surface area contributed by atoms with E-state index in [0.29, 0.717) is 38.3 Å². The molecule has 2 heterocycles. The lowest BCUT2D eigenvalue weighted by molar-refractivity contribution is -0.127. The van der Waals surface area contributed by atoms with Gasteiger partial charge in [0.1, 0.15) is 5.75 Å². The maximum atomic E-state index is 12.9. The number of benzene rings is 1. The summed E-state index contributed by atoms with van der Waals surface area (Å²) in [5, 5.41) is 3.06. The van der Waals surface area contributed by atoms with Crippen LogP contribution in [0.2, 0.25) is 0 Å². The molecular weight excluding hydrogens is 356 g/mol. The Morgan fingerprint density at radius 2 is 2.04 bits per heavy atom. The molecule has 1 atom stereocenters. The third kappa shape index (κ3) is 4.36. The first kappa shape index (κ1) is 19.1. The Bertz CT molecular complexity index is 731. The molecule has 0 radical (unpaired) electrons. The summed E-state index contributed by atoms with van der Waals surface area (Å²) in [6, 6.07) is 6.57. The number of piperidine rings is 1. The van der Waals surface area contributed by atoms with E-state index in [-0.39, 0.29) is 29.3 Å². The molecule has 144 valence electrons. The molecule has 0 bridgehead atoms. The molecule has 2 saturated heterocycles. The number of hydrogen-bond acceptors (Lipinski definition) is 5. The lowest BCUT2D eigenvalue weighted by Gasteiger charge is -2.32. The van der Waals surface area contributed by atoms with Crippen LogP contribution < -0.4 is 10.1 Å². The normalized spacial score (nSPS) is 22.7. The van der Waals surface area contributed by atoms with Crippen LogP contribution in [0.15, 0.2) is 29.2 Å². The number of carbonyl (C=O) groups excluding carboxylic acids is 1. The SMILES string of the molecule is COc1cccc(S(=O)(=O)N2CCC[C@H](C(=O)NC3CCOCC3)C2)c1. The van der Waals surface area contributed by atoms with Gasteiger partial charge in [-0.3, -0.25) is 4.79 Å². The fraction of sp³-hybridized carbons (Fsp3) is 0.611. The predicted octanol–water partition coefficient (Wildman–Crippen LogP) is 1.39. The molecule has 3 rings (SSSR count). The summed E-state index contributed by atoms with van der Waals surface area (Å²) in [5.41, 5.74) is 0. The van der Waals surface area contributed by atoms with Crippen molar-refractivity contribution in [3.05, 3.63) is 24.3 Å². The van der Waals surface area contributed by atoms with E-state index in [1.807, 2.05) is 0 Å². The van der Waals surface area contributed by atoms with Gasteiger partial charge in [0.05, 0.1) is 17.9 Å². The Morgan fingerprint density at radius 1 is 1.27 bits per heavy atom. The molecule has 0 aliphatic carbocycles. The Kier molecular flexibility index (Phi) is 6.16. The van der Waals surface area contributed by atoms with Crippen LogP contribution in [0.4, 0.5) is 0 Å². The minimum atomic E-state index is -3.64. The van der Waals surface area contributed by atoms with Gasteiger partial charge in [0.25, 0.3) is 0 Å². The first-order chi connectivity index (χ1) is 12.5. The average molecular weight is 382 g/mol. The van der Waals surface area contributed by atoms with Crippen molar-refractivity contribution >= 4 is 15.9 Å². The van der Waals surface area contributed by atoms with Crippen LogP contribution in [0.1, 0.15) is 25.7 Å². The molecule has 8 heteroatoms. The second-order valence-corrected chi connectivity index (χ2v) is 8.71. The van der Waals surface area contributed by atoms with Gasteiger partial charge in [-0.2, -0.15) is 4.31 Å². The molecule has 1 aromatic carbocycles. The fourth-order valence-corrected chi connectivity index (χ4v) is 5.01. The summed E-state index contributed by atoms with van der Waals surface area (Å²) in [6.07, 6.45) is 3.00. The van der Waals surface area contributed by atoms with Crippen LogP contribution in [-0.4, -0.2) is 58.1 Å². The molecule has 0 unspecified atom stereocenters. The summed E-state index contributed by atoms with van der Waals surface area (Å²) in [7, 11) is -2.14. The van der Waals surface area contributed by atoms with Crippen molar-refractivity contribution in [1.82, 2.24) is 9.62 Å². The minimum Gasteiger partial charge on any atom is -0.497 e. The van der Waals surface area contributed by atoms with Gasteiger partial charge in [0.2, 0.25) is 15.9 Å². The van der Waals surface area contributed by atoms with Gasteiger partial charge >= 0.3 is 0 Å². The first-order valence-corrected chi connectivity index (χ1v) is 10.5. The number of amides is 1. The van der Waals surface area contributed by atoms with Gasteiger partial charge in [-0.15, -0.1) is 0 Å². The van der Waals surface area contributed by atoms with Gasteiger partial charge in [-0.1, -0.05) is 6.07 Å². The van der Waals surface area contributed by atoms with E-state index in [0.717, 1.165) is 12.8 Å². The van der Waals surface area contributed by atoms with Crippen molar-refractivity contribution in [3.63, 3.8) is 0 Å². The zero-order valence-corrected chi connectivity index (χ0v) is 15.8. The monoisotopic (exact) mass is 382 g/mol. The highest BCUT2D eigenvalue weighted by molar-refractivity contribution is 7.89. The van der Waals surface area contributed by atoms with Crippen LogP contribution >= 0.6 is 0 Å². The van der Waals surface area contributed by atoms with E-state index < -0.39 is 10.0 Å². The summed E-state index contributed by atoms with van der Waals surface area (Å²) >= 11 is 0. The standard InChI is InChI=1S/C18H26N2O5S/c1-24-16-5-2-6-17(12-16)26(22,23)20-9-3-4-14(13-20)18(21)19-15-7-10-25-11-8-15/h2,5-6,12,14-15H,3-4,7-11,13H2,1H3,(H,19,21)/t14-/m0/s1. The molecule has 0 saturated carbocycles. The van der Waals surface area contributed by atoms with Crippen molar-refractivity contribution in [2.45, 2.75) is 36.6 Å². The van der Waals surface area contributed by atoms with Crippen LogP contribution in [0.25, 0.3) is 0 Å². The lowest BCUT2D eigenvalue weighted by atomic mass is 9.97. The Morgan fingerprint density at radius 3 is 2.77 bits per heavy atom. The van der Waals surface area contributed by atoms with E-state index >= 15 is 0 Å². The third-order valence-electron chi connectivity index (χ3n) is 5.00. The van der Waals surface area contributed by atoms with Crippen LogP contribution in [-0.2, 0) is 19.6 Å². The van der Waals surface area contributed by atoms with E-state index in [1.165, 1.54) is 17.5 Å². The molecule has 7 nitrogen and oxygen atoms in total. The number of hydrogen-bond donors (Lipinski definition) is 1. The van der Waals surface area contributed by atoms with Crippen LogP contribution in [0, 0.1) is 5.92 Å². The smallest absolute Gasteiger partial charge is 0.243 e. The minimum absolute atomic E-state index is 0.0533. The van der Waals surface area contributed by atoms with E-state index in [9.17, 15) is 13.2 Å². The number of methoxy groups -OCH3 is 1. The molecule has 1 amide bonds. The van der Waals surface area contributed by atoms with Gasteiger partial charge in [0, 0.05) is 38.4 Å². The third-order valence-corrected chi connectivity index (χ3v) is 6.86. The highest BCUT2D eigenvalue weighted by atomic mass is 32.2. The Balaban J connectivity index is 1.67. The zero-order chi connectivity index (χ0) is 18.6. The quantitative estimate of drug-likeness (QED) is 0.832. The second kappa shape index (κ2) is 8.37. The fourth-order valence-electron chi connectivity index (χ4n) is 3.45. The van der Waals surface area contributed by atoms with E-state index in [1.54, 1.807) is 18.2 Å². The van der Waals surface area contributed by atoms with Gasteiger partial charge in [-0.05, 0) is 37.8 Å². The topological polar surface area (TPSA) is 84.9 Å². The number of ether oxygens (including phenoxy) is 2. The molecule has 2 aliphatic heterocycles. The predicted molar refractivity (Wildman–Crippen MR) is 96.5 cm³/mol. The molecule has 0 aromatic heterocycles. The first-order valence-electron chi connectivity index (χ1n) is 9.03. The number of carbonyl (C=O) groups is 1. The molecule has 26 heavy (non-hydrogen) atoms.